The Hall–Kier alpha value is -2.02. The second-order valence-electron chi connectivity index (χ2n) is 5.57. The molecule has 4 nitrogen and oxygen atoms in total. The highest BCUT2D eigenvalue weighted by Gasteiger charge is 2.78. The maximum Gasteiger partial charge on any atom is 0.327 e. The molecule has 0 amide bonds. The summed E-state index contributed by atoms with van der Waals surface area (Å²) in [5.74, 6) is 0.184. The fourth-order valence-electron chi connectivity index (χ4n) is 3.11. The van der Waals surface area contributed by atoms with Crippen LogP contribution in [0.15, 0.2) is 24.3 Å². The van der Waals surface area contributed by atoms with Crippen molar-refractivity contribution < 1.29 is 14.3 Å². The number of carbonyl (C=O) groups is 1. The Morgan fingerprint density at radius 3 is 2.40 bits per heavy atom. The molecule has 1 aliphatic carbocycles. The minimum atomic E-state index is -1.09. The van der Waals surface area contributed by atoms with Crippen molar-refractivity contribution >= 4 is 5.97 Å². The molecule has 20 heavy (non-hydrogen) atoms. The highest BCUT2D eigenvalue weighted by Crippen LogP contribution is 2.74. The third-order valence-electron chi connectivity index (χ3n) is 4.31. The molecule has 2 unspecified atom stereocenters. The molecular formula is C16H19NO3. The van der Waals surface area contributed by atoms with Crippen LogP contribution in [-0.4, -0.2) is 19.7 Å². The van der Waals surface area contributed by atoms with Crippen molar-refractivity contribution in [3.8, 4) is 11.8 Å². The van der Waals surface area contributed by atoms with Crippen molar-refractivity contribution in [2.24, 2.45) is 10.8 Å². The number of ether oxygens (including phenoxy) is 2. The van der Waals surface area contributed by atoms with Crippen molar-refractivity contribution in [2.75, 3.05) is 13.7 Å². The van der Waals surface area contributed by atoms with Crippen molar-refractivity contribution in [3.63, 3.8) is 0 Å². The van der Waals surface area contributed by atoms with Gasteiger partial charge in [0.2, 0.25) is 0 Å². The number of nitriles is 1. The summed E-state index contributed by atoms with van der Waals surface area (Å²) in [5.41, 5.74) is -0.550. The third-order valence-corrected chi connectivity index (χ3v) is 4.31. The minimum absolute atomic E-state index is 0.148. The molecule has 1 aromatic rings. The van der Waals surface area contributed by atoms with Crippen LogP contribution in [0.1, 0.15) is 32.3 Å². The molecule has 0 saturated heterocycles. The van der Waals surface area contributed by atoms with Crippen LogP contribution in [-0.2, 0) is 9.53 Å². The molecule has 0 spiro atoms. The van der Waals surface area contributed by atoms with Gasteiger partial charge in [-0.2, -0.15) is 5.26 Å². The summed E-state index contributed by atoms with van der Waals surface area (Å²) in [6.45, 7) is 5.90. The van der Waals surface area contributed by atoms with Gasteiger partial charge >= 0.3 is 5.97 Å². The van der Waals surface area contributed by atoms with Crippen molar-refractivity contribution in [1.82, 2.24) is 0 Å². The fraction of sp³-hybridized carbons (Fsp3) is 0.500. The van der Waals surface area contributed by atoms with Crippen LogP contribution in [0.25, 0.3) is 0 Å². The van der Waals surface area contributed by atoms with E-state index in [0.29, 0.717) is 0 Å². The monoisotopic (exact) mass is 273 g/mol. The molecule has 1 saturated carbocycles. The normalized spacial score (nSPS) is 26.4. The summed E-state index contributed by atoms with van der Waals surface area (Å²) < 4.78 is 10.2. The Bertz CT molecular complexity index is 556. The molecule has 0 bridgehead atoms. The zero-order valence-corrected chi connectivity index (χ0v) is 12.3. The summed E-state index contributed by atoms with van der Waals surface area (Å²) in [6.07, 6.45) is 0. The average molecular weight is 273 g/mol. The lowest BCUT2D eigenvalue weighted by Gasteiger charge is -2.10. The molecule has 106 valence electrons. The first kappa shape index (κ1) is 14.4. The number of hydrogen-bond acceptors (Lipinski definition) is 4. The molecule has 0 heterocycles. The van der Waals surface area contributed by atoms with Crippen LogP contribution in [0.4, 0.5) is 0 Å². The smallest absolute Gasteiger partial charge is 0.327 e. The lowest BCUT2D eigenvalue weighted by atomic mass is 9.98. The van der Waals surface area contributed by atoms with Crippen LogP contribution in [0, 0.1) is 22.2 Å². The quantitative estimate of drug-likeness (QED) is 0.791. The molecular weight excluding hydrogens is 254 g/mol. The van der Waals surface area contributed by atoms with Crippen molar-refractivity contribution in [3.05, 3.63) is 29.8 Å². The van der Waals surface area contributed by atoms with E-state index in [0.717, 1.165) is 11.3 Å². The van der Waals surface area contributed by atoms with Gasteiger partial charge < -0.3 is 9.47 Å². The predicted molar refractivity (Wildman–Crippen MR) is 74.2 cm³/mol. The summed E-state index contributed by atoms with van der Waals surface area (Å²) in [7, 11) is 1.61. The molecule has 1 fully saturated rings. The molecule has 1 aromatic carbocycles. The van der Waals surface area contributed by atoms with Crippen LogP contribution in [0.5, 0.6) is 5.75 Å². The van der Waals surface area contributed by atoms with Gasteiger partial charge in [-0.05, 0) is 24.6 Å². The van der Waals surface area contributed by atoms with Gasteiger partial charge in [-0.15, -0.1) is 0 Å². The van der Waals surface area contributed by atoms with E-state index in [1.54, 1.807) is 14.0 Å². The number of benzene rings is 1. The Labute approximate surface area is 119 Å². The van der Waals surface area contributed by atoms with E-state index < -0.39 is 16.8 Å². The highest BCUT2D eigenvalue weighted by atomic mass is 16.5. The minimum Gasteiger partial charge on any atom is -0.497 e. The van der Waals surface area contributed by atoms with E-state index in [1.807, 2.05) is 38.1 Å². The van der Waals surface area contributed by atoms with Gasteiger partial charge in [-0.25, -0.2) is 0 Å². The first-order valence-electron chi connectivity index (χ1n) is 6.68. The van der Waals surface area contributed by atoms with Gasteiger partial charge in [0.1, 0.15) is 5.75 Å². The van der Waals surface area contributed by atoms with E-state index >= 15 is 0 Å². The molecule has 0 N–H and O–H groups in total. The van der Waals surface area contributed by atoms with Crippen LogP contribution >= 0.6 is 0 Å². The van der Waals surface area contributed by atoms with Crippen molar-refractivity contribution in [1.29, 1.82) is 5.26 Å². The number of carbonyl (C=O) groups excluding carboxylic acids is 1. The first-order valence-corrected chi connectivity index (χ1v) is 6.68. The molecule has 1 aliphatic rings. The zero-order valence-electron chi connectivity index (χ0n) is 12.3. The number of rotatable bonds is 4. The van der Waals surface area contributed by atoms with Gasteiger partial charge in [0.05, 0.1) is 19.8 Å². The Morgan fingerprint density at radius 1 is 1.35 bits per heavy atom. The Morgan fingerprint density at radius 2 is 1.95 bits per heavy atom. The number of hydrogen-bond donors (Lipinski definition) is 0. The Kier molecular flexibility index (Phi) is 3.47. The van der Waals surface area contributed by atoms with Gasteiger partial charge in [0.25, 0.3) is 0 Å². The summed E-state index contributed by atoms with van der Waals surface area (Å²) in [6, 6.07) is 9.70. The van der Waals surface area contributed by atoms with Gasteiger partial charge in [-0.3, -0.25) is 4.79 Å². The van der Waals surface area contributed by atoms with Crippen LogP contribution < -0.4 is 4.74 Å². The summed E-state index contributed by atoms with van der Waals surface area (Å²) in [5, 5.41) is 9.55. The topological polar surface area (TPSA) is 59.3 Å². The standard InChI is InChI=1S/C16H19NO3/c1-5-20-14(18)16(10-17)13(15(16,2)3)11-6-8-12(19-4)9-7-11/h6-9,13H,5H2,1-4H3. The number of methoxy groups -OCH3 is 1. The van der Waals surface area contributed by atoms with Gasteiger partial charge in [0, 0.05) is 11.3 Å². The molecule has 0 radical (unpaired) electrons. The van der Waals surface area contributed by atoms with E-state index in [1.165, 1.54) is 0 Å². The van der Waals surface area contributed by atoms with Crippen LogP contribution in [0.3, 0.4) is 0 Å². The summed E-state index contributed by atoms with van der Waals surface area (Å²) >= 11 is 0. The SMILES string of the molecule is CCOC(=O)C1(C#N)C(c2ccc(OC)cc2)C1(C)C. The first-order chi connectivity index (χ1) is 9.45. The maximum absolute atomic E-state index is 12.2. The molecule has 2 atom stereocenters. The average Bonchev–Trinajstić information content (AvgIpc) is 2.96. The van der Waals surface area contributed by atoms with Gasteiger partial charge in [0.15, 0.2) is 5.41 Å². The van der Waals surface area contributed by atoms with Crippen LogP contribution in [0.2, 0.25) is 0 Å². The molecule has 0 aliphatic heterocycles. The molecule has 2 rings (SSSR count). The second kappa shape index (κ2) is 4.82. The molecule has 4 heteroatoms. The largest absolute Gasteiger partial charge is 0.497 e. The van der Waals surface area contributed by atoms with E-state index in [-0.39, 0.29) is 12.5 Å². The number of esters is 1. The lowest BCUT2D eigenvalue weighted by Crippen LogP contribution is -2.23. The number of nitrogens with zero attached hydrogens (tertiary/aromatic N) is 1. The highest BCUT2D eigenvalue weighted by molar-refractivity contribution is 5.88. The van der Waals surface area contributed by atoms with Gasteiger partial charge in [-0.1, -0.05) is 26.0 Å². The fourth-order valence-corrected chi connectivity index (χ4v) is 3.11. The summed E-state index contributed by atoms with van der Waals surface area (Å²) in [4.78, 5) is 12.2. The Balaban J connectivity index is 2.37. The van der Waals surface area contributed by atoms with E-state index in [2.05, 4.69) is 6.07 Å². The second-order valence-corrected chi connectivity index (χ2v) is 5.57. The third kappa shape index (κ3) is 1.77. The zero-order chi connectivity index (χ0) is 15.0. The predicted octanol–water partition coefficient (Wildman–Crippen LogP) is 2.89. The lowest BCUT2D eigenvalue weighted by molar-refractivity contribution is -0.148. The maximum atomic E-state index is 12.2. The van der Waals surface area contributed by atoms with E-state index in [9.17, 15) is 10.1 Å². The van der Waals surface area contributed by atoms with E-state index in [4.69, 9.17) is 9.47 Å². The van der Waals surface area contributed by atoms with Crippen molar-refractivity contribution in [2.45, 2.75) is 26.7 Å². The molecule has 0 aromatic heterocycles.